The quantitative estimate of drug-likeness (QED) is 0.843. The minimum atomic E-state index is 0.132. The van der Waals surface area contributed by atoms with E-state index < -0.39 is 0 Å². The van der Waals surface area contributed by atoms with Gasteiger partial charge in [-0.3, -0.25) is 4.90 Å². The van der Waals surface area contributed by atoms with Crippen LogP contribution in [0.15, 0.2) is 12.4 Å². The maximum atomic E-state index is 9.87. The molecule has 3 rings (SSSR count). The van der Waals surface area contributed by atoms with Crippen molar-refractivity contribution in [2.75, 3.05) is 33.3 Å². The maximum Gasteiger partial charge on any atom is 0.120 e. The van der Waals surface area contributed by atoms with Gasteiger partial charge in [-0.2, -0.15) is 0 Å². The third-order valence-corrected chi connectivity index (χ3v) is 5.02. The van der Waals surface area contributed by atoms with Gasteiger partial charge in [-0.15, -0.1) is 0 Å². The van der Waals surface area contributed by atoms with E-state index in [4.69, 9.17) is 0 Å². The molecule has 5 heteroatoms. The molecular weight excluding hydrogens is 240 g/mol. The van der Waals surface area contributed by atoms with Gasteiger partial charge in [0.2, 0.25) is 0 Å². The number of fused-ring (bicyclic) bond motifs is 1. The first-order chi connectivity index (χ1) is 9.23. The molecule has 0 spiro atoms. The molecule has 2 N–H and O–H groups in total. The van der Waals surface area contributed by atoms with E-state index in [0.29, 0.717) is 12.6 Å². The zero-order valence-corrected chi connectivity index (χ0v) is 11.7. The lowest BCUT2D eigenvalue weighted by Crippen LogP contribution is -2.61. The Morgan fingerprint density at radius 3 is 3.11 bits per heavy atom. The van der Waals surface area contributed by atoms with Crippen LogP contribution in [0.4, 0.5) is 0 Å². The van der Waals surface area contributed by atoms with Gasteiger partial charge in [-0.05, 0) is 39.4 Å². The van der Waals surface area contributed by atoms with Gasteiger partial charge in [0.15, 0.2) is 0 Å². The summed E-state index contributed by atoms with van der Waals surface area (Å²) in [5.41, 5.74) is 0.132. The van der Waals surface area contributed by atoms with Gasteiger partial charge < -0.3 is 15.0 Å². The SMILES string of the molecule is CN1CCC[C@]2(CO)CCN(Cc3ncc[nH]3)C[C@@H]12. The largest absolute Gasteiger partial charge is 0.396 e. The summed E-state index contributed by atoms with van der Waals surface area (Å²) in [6.07, 6.45) is 7.17. The second-order valence-electron chi connectivity index (χ2n) is 6.14. The highest BCUT2D eigenvalue weighted by molar-refractivity contribution is 5.01. The Morgan fingerprint density at radius 2 is 2.37 bits per heavy atom. The zero-order valence-electron chi connectivity index (χ0n) is 11.7. The van der Waals surface area contributed by atoms with Gasteiger partial charge in [-0.1, -0.05) is 0 Å². The molecule has 106 valence electrons. The first-order valence-electron chi connectivity index (χ1n) is 7.25. The number of piperidine rings is 2. The van der Waals surface area contributed by atoms with Gasteiger partial charge in [0, 0.05) is 30.4 Å². The highest BCUT2D eigenvalue weighted by Crippen LogP contribution is 2.41. The smallest absolute Gasteiger partial charge is 0.120 e. The van der Waals surface area contributed by atoms with Gasteiger partial charge in [-0.25, -0.2) is 4.98 Å². The van der Waals surface area contributed by atoms with Crippen LogP contribution < -0.4 is 0 Å². The fourth-order valence-electron chi connectivity index (χ4n) is 3.82. The van der Waals surface area contributed by atoms with Crippen molar-refractivity contribution in [3.63, 3.8) is 0 Å². The molecule has 0 aliphatic carbocycles. The molecule has 0 bridgehead atoms. The first kappa shape index (κ1) is 13.1. The van der Waals surface area contributed by atoms with Crippen LogP contribution in [0.3, 0.4) is 0 Å². The number of aliphatic hydroxyl groups is 1. The molecule has 0 unspecified atom stereocenters. The molecule has 1 aromatic rings. The molecule has 0 saturated carbocycles. The summed E-state index contributed by atoms with van der Waals surface area (Å²) >= 11 is 0. The Balaban J connectivity index is 1.70. The molecule has 2 aliphatic heterocycles. The van der Waals surface area contributed by atoms with Crippen molar-refractivity contribution in [1.29, 1.82) is 0 Å². The van der Waals surface area contributed by atoms with E-state index in [9.17, 15) is 5.11 Å². The summed E-state index contributed by atoms with van der Waals surface area (Å²) in [6, 6.07) is 0.481. The molecule has 0 aromatic carbocycles. The summed E-state index contributed by atoms with van der Waals surface area (Å²) in [5, 5.41) is 9.87. The second kappa shape index (κ2) is 5.23. The van der Waals surface area contributed by atoms with Crippen molar-refractivity contribution >= 4 is 0 Å². The predicted octanol–water partition coefficient (Wildman–Crippen LogP) is 0.688. The highest BCUT2D eigenvalue weighted by Gasteiger charge is 2.46. The molecule has 5 nitrogen and oxygen atoms in total. The van der Waals surface area contributed by atoms with E-state index in [2.05, 4.69) is 26.8 Å². The van der Waals surface area contributed by atoms with Crippen molar-refractivity contribution in [2.24, 2.45) is 5.41 Å². The lowest BCUT2D eigenvalue weighted by Gasteiger charge is -2.53. The number of aliphatic hydroxyl groups excluding tert-OH is 1. The van der Waals surface area contributed by atoms with Crippen molar-refractivity contribution in [1.82, 2.24) is 19.8 Å². The molecule has 2 aliphatic rings. The van der Waals surface area contributed by atoms with Crippen molar-refractivity contribution in [3.8, 4) is 0 Å². The average molecular weight is 264 g/mol. The Hall–Kier alpha value is -0.910. The standard InChI is InChI=1S/C14H24N4O/c1-17-7-2-3-14(11-19)4-8-18(9-12(14)17)10-13-15-5-6-16-13/h5-6,12,19H,2-4,7-11H2,1H3,(H,15,16)/t12-,14-/m1/s1. The van der Waals surface area contributed by atoms with Crippen LogP contribution in [0.2, 0.25) is 0 Å². The highest BCUT2D eigenvalue weighted by atomic mass is 16.3. The van der Waals surface area contributed by atoms with Crippen LogP contribution in [0.5, 0.6) is 0 Å². The monoisotopic (exact) mass is 264 g/mol. The minimum Gasteiger partial charge on any atom is -0.396 e. The number of aromatic nitrogens is 2. The van der Waals surface area contributed by atoms with Crippen molar-refractivity contribution < 1.29 is 5.11 Å². The van der Waals surface area contributed by atoms with Gasteiger partial charge in [0.25, 0.3) is 0 Å². The number of nitrogens with one attached hydrogen (secondary N) is 1. The lowest BCUT2D eigenvalue weighted by atomic mass is 9.69. The topological polar surface area (TPSA) is 55.4 Å². The summed E-state index contributed by atoms with van der Waals surface area (Å²) in [7, 11) is 2.20. The Morgan fingerprint density at radius 1 is 1.47 bits per heavy atom. The summed E-state index contributed by atoms with van der Waals surface area (Å²) in [4.78, 5) is 12.4. The number of rotatable bonds is 3. The molecule has 19 heavy (non-hydrogen) atoms. The number of H-pyrrole nitrogens is 1. The van der Waals surface area contributed by atoms with Gasteiger partial charge in [0.05, 0.1) is 13.2 Å². The number of imidazole rings is 1. The summed E-state index contributed by atoms with van der Waals surface area (Å²) in [6.45, 7) is 4.47. The van der Waals surface area contributed by atoms with Crippen LogP contribution in [0, 0.1) is 5.41 Å². The van der Waals surface area contributed by atoms with Crippen LogP contribution in [0.25, 0.3) is 0 Å². The Bertz CT molecular complexity index is 408. The predicted molar refractivity (Wildman–Crippen MR) is 73.7 cm³/mol. The normalized spacial score (nSPS) is 33.3. The van der Waals surface area contributed by atoms with E-state index in [0.717, 1.165) is 38.4 Å². The fraction of sp³-hybridized carbons (Fsp3) is 0.786. The summed E-state index contributed by atoms with van der Waals surface area (Å²) in [5.74, 6) is 1.04. The van der Waals surface area contributed by atoms with E-state index in [-0.39, 0.29) is 5.41 Å². The average Bonchev–Trinajstić information content (AvgIpc) is 2.93. The third kappa shape index (κ3) is 2.42. The Kier molecular flexibility index (Phi) is 3.60. The number of hydrogen-bond donors (Lipinski definition) is 2. The van der Waals surface area contributed by atoms with Gasteiger partial charge in [0.1, 0.15) is 5.82 Å². The Labute approximate surface area is 114 Å². The lowest BCUT2D eigenvalue weighted by molar-refractivity contribution is -0.0688. The second-order valence-corrected chi connectivity index (χ2v) is 6.14. The van der Waals surface area contributed by atoms with Crippen LogP contribution >= 0.6 is 0 Å². The van der Waals surface area contributed by atoms with Crippen LogP contribution in [0.1, 0.15) is 25.1 Å². The number of aromatic amines is 1. The number of likely N-dealkylation sites (N-methyl/N-ethyl adjacent to an activating group) is 1. The van der Waals surface area contributed by atoms with Crippen molar-refractivity contribution in [2.45, 2.75) is 31.8 Å². The molecule has 2 fully saturated rings. The summed E-state index contributed by atoms with van der Waals surface area (Å²) < 4.78 is 0. The number of nitrogens with zero attached hydrogens (tertiary/aromatic N) is 3. The molecule has 0 amide bonds. The molecular formula is C14H24N4O. The molecule has 0 radical (unpaired) electrons. The maximum absolute atomic E-state index is 9.87. The number of hydrogen-bond acceptors (Lipinski definition) is 4. The van der Waals surface area contributed by atoms with Crippen LogP contribution in [-0.2, 0) is 6.54 Å². The number of likely N-dealkylation sites (tertiary alicyclic amines) is 2. The van der Waals surface area contributed by atoms with Gasteiger partial charge >= 0.3 is 0 Å². The van der Waals surface area contributed by atoms with Crippen molar-refractivity contribution in [3.05, 3.63) is 18.2 Å². The van der Waals surface area contributed by atoms with E-state index >= 15 is 0 Å². The zero-order chi connectivity index (χ0) is 13.3. The third-order valence-electron chi connectivity index (χ3n) is 5.02. The van der Waals surface area contributed by atoms with E-state index in [1.54, 1.807) is 0 Å². The molecule has 2 atom stereocenters. The molecule has 3 heterocycles. The van der Waals surface area contributed by atoms with E-state index in [1.807, 2.05) is 12.4 Å². The van der Waals surface area contributed by atoms with E-state index in [1.165, 1.54) is 12.8 Å². The van der Waals surface area contributed by atoms with Crippen LogP contribution in [-0.4, -0.2) is 64.2 Å². The molecule has 2 saturated heterocycles. The fourth-order valence-corrected chi connectivity index (χ4v) is 3.82. The molecule has 1 aromatic heterocycles. The minimum absolute atomic E-state index is 0.132. The first-order valence-corrected chi connectivity index (χ1v) is 7.25.